The van der Waals surface area contributed by atoms with Crippen LogP contribution in [0.25, 0.3) is 0 Å². The van der Waals surface area contributed by atoms with Crippen molar-refractivity contribution in [3.05, 3.63) is 21.3 Å². The van der Waals surface area contributed by atoms with Crippen molar-refractivity contribution < 1.29 is 24.2 Å². The molecule has 0 saturated heterocycles. The number of ether oxygens (including phenoxy) is 2. The van der Waals surface area contributed by atoms with E-state index in [2.05, 4.69) is 0 Å². The summed E-state index contributed by atoms with van der Waals surface area (Å²) >= 11 is 1.93. The Kier molecular flexibility index (Phi) is 4.53. The summed E-state index contributed by atoms with van der Waals surface area (Å²) in [5, 5.41) is 10.3. The van der Waals surface area contributed by atoms with Gasteiger partial charge in [0.1, 0.15) is 12.9 Å². The first-order valence-corrected chi connectivity index (χ1v) is 5.31. The monoisotopic (exact) mass is 335 g/mol. The number of aldehydes is 1. The lowest BCUT2D eigenvalue weighted by molar-refractivity contribution is -0.307. The van der Waals surface area contributed by atoms with Crippen molar-refractivity contribution in [1.82, 2.24) is 0 Å². The fraction of sp³-hybridized carbons (Fsp3) is 0.200. The molecule has 86 valence electrons. The number of halogens is 1. The summed E-state index contributed by atoms with van der Waals surface area (Å²) in [6, 6.07) is 3.04. The van der Waals surface area contributed by atoms with Gasteiger partial charge in [0, 0.05) is 5.56 Å². The quantitative estimate of drug-likeness (QED) is 0.569. The van der Waals surface area contributed by atoms with Crippen molar-refractivity contribution in [3.8, 4) is 11.5 Å². The van der Waals surface area contributed by atoms with E-state index in [9.17, 15) is 14.7 Å². The van der Waals surface area contributed by atoms with Gasteiger partial charge in [-0.25, -0.2) is 0 Å². The Hall–Kier alpha value is -1.31. The molecule has 0 bridgehead atoms. The zero-order valence-electron chi connectivity index (χ0n) is 8.36. The van der Waals surface area contributed by atoms with E-state index >= 15 is 0 Å². The van der Waals surface area contributed by atoms with Gasteiger partial charge in [-0.2, -0.15) is 0 Å². The molecule has 0 heterocycles. The molecule has 0 aliphatic carbocycles. The van der Waals surface area contributed by atoms with Gasteiger partial charge in [0.15, 0.2) is 11.5 Å². The molecule has 1 rings (SSSR count). The smallest absolute Gasteiger partial charge is 0.175 e. The lowest BCUT2D eigenvalue weighted by atomic mass is 10.2. The number of carboxylic acid groups (broad SMARTS) is 1. The fourth-order valence-corrected chi connectivity index (χ4v) is 1.86. The topological polar surface area (TPSA) is 75.7 Å². The number of hydrogen-bond donors (Lipinski definition) is 0. The van der Waals surface area contributed by atoms with Gasteiger partial charge in [-0.3, -0.25) is 4.79 Å². The van der Waals surface area contributed by atoms with Crippen LogP contribution in [-0.4, -0.2) is 26.0 Å². The molecule has 0 saturated carbocycles. The number of aliphatic carboxylic acids is 1. The van der Waals surface area contributed by atoms with E-state index in [0.717, 1.165) is 0 Å². The first-order chi connectivity index (χ1) is 7.58. The molecular weight excluding hydrogens is 327 g/mol. The van der Waals surface area contributed by atoms with Crippen molar-refractivity contribution in [3.63, 3.8) is 0 Å². The zero-order chi connectivity index (χ0) is 12.1. The number of carboxylic acids is 1. The Labute approximate surface area is 105 Å². The highest BCUT2D eigenvalue weighted by molar-refractivity contribution is 14.1. The molecule has 1 aromatic carbocycles. The van der Waals surface area contributed by atoms with Crippen LogP contribution in [0.4, 0.5) is 0 Å². The van der Waals surface area contributed by atoms with Gasteiger partial charge in [0.05, 0.1) is 16.6 Å². The van der Waals surface area contributed by atoms with Gasteiger partial charge in [-0.15, -0.1) is 0 Å². The predicted molar refractivity (Wildman–Crippen MR) is 61.6 cm³/mol. The summed E-state index contributed by atoms with van der Waals surface area (Å²) in [5.74, 6) is -0.717. The molecule has 0 aromatic heterocycles. The van der Waals surface area contributed by atoms with Gasteiger partial charge in [-0.1, -0.05) is 0 Å². The maximum Gasteiger partial charge on any atom is 0.175 e. The molecular formula is C10H8IO5-. The maximum atomic E-state index is 10.6. The highest BCUT2D eigenvalue weighted by Gasteiger charge is 2.11. The second-order valence-corrected chi connectivity index (χ2v) is 3.97. The third kappa shape index (κ3) is 3.09. The number of benzene rings is 1. The lowest BCUT2D eigenvalue weighted by Crippen LogP contribution is -2.29. The standard InChI is InChI=1S/C10H9IO5/c1-15-8-3-6(4-12)2-7(11)10(8)16-5-9(13)14/h2-4H,5H2,1H3,(H,13,14)/p-1. The number of carbonyl (C=O) groups excluding carboxylic acids is 2. The number of rotatable bonds is 5. The second kappa shape index (κ2) is 5.69. The molecule has 1 aromatic rings. The van der Waals surface area contributed by atoms with Crippen LogP contribution in [0.2, 0.25) is 0 Å². The van der Waals surface area contributed by atoms with Crippen LogP contribution in [0, 0.1) is 3.57 Å². The van der Waals surface area contributed by atoms with Crippen LogP contribution in [0.5, 0.6) is 11.5 Å². The number of methoxy groups -OCH3 is 1. The highest BCUT2D eigenvalue weighted by Crippen LogP contribution is 2.33. The molecule has 0 atom stereocenters. The molecule has 16 heavy (non-hydrogen) atoms. The SMILES string of the molecule is COc1cc(C=O)cc(I)c1OCC(=O)[O-]. The maximum absolute atomic E-state index is 10.6. The summed E-state index contributed by atoms with van der Waals surface area (Å²) in [6.45, 7) is -0.563. The molecule has 0 N–H and O–H groups in total. The van der Waals surface area contributed by atoms with E-state index in [0.29, 0.717) is 21.2 Å². The number of hydrogen-bond acceptors (Lipinski definition) is 5. The second-order valence-electron chi connectivity index (χ2n) is 2.81. The van der Waals surface area contributed by atoms with E-state index in [4.69, 9.17) is 9.47 Å². The summed E-state index contributed by atoms with van der Waals surface area (Å²) in [5.41, 5.74) is 0.432. The van der Waals surface area contributed by atoms with E-state index in [1.165, 1.54) is 13.2 Å². The summed E-state index contributed by atoms with van der Waals surface area (Å²) in [6.07, 6.45) is 0.674. The summed E-state index contributed by atoms with van der Waals surface area (Å²) in [4.78, 5) is 20.9. The molecule has 0 aliphatic heterocycles. The van der Waals surface area contributed by atoms with Crippen molar-refractivity contribution >= 4 is 34.8 Å². The van der Waals surface area contributed by atoms with Crippen LogP contribution < -0.4 is 14.6 Å². The highest BCUT2D eigenvalue weighted by atomic mass is 127. The van der Waals surface area contributed by atoms with Crippen molar-refractivity contribution in [2.75, 3.05) is 13.7 Å². The first kappa shape index (κ1) is 12.8. The van der Waals surface area contributed by atoms with Gasteiger partial charge in [0.25, 0.3) is 0 Å². The van der Waals surface area contributed by atoms with E-state index in [-0.39, 0.29) is 5.75 Å². The Morgan fingerprint density at radius 3 is 2.75 bits per heavy atom. The minimum atomic E-state index is -1.32. The lowest BCUT2D eigenvalue weighted by Gasteiger charge is -2.13. The molecule has 0 aliphatic rings. The zero-order valence-corrected chi connectivity index (χ0v) is 10.5. The molecule has 0 unspecified atom stereocenters. The van der Waals surface area contributed by atoms with Crippen molar-refractivity contribution in [2.45, 2.75) is 0 Å². The van der Waals surface area contributed by atoms with E-state index in [1.54, 1.807) is 6.07 Å². The van der Waals surface area contributed by atoms with Crippen LogP contribution in [-0.2, 0) is 4.79 Å². The van der Waals surface area contributed by atoms with Crippen LogP contribution in [0.3, 0.4) is 0 Å². The van der Waals surface area contributed by atoms with Gasteiger partial charge >= 0.3 is 0 Å². The molecule has 6 heteroatoms. The largest absolute Gasteiger partial charge is 0.546 e. The first-order valence-electron chi connectivity index (χ1n) is 4.24. The Morgan fingerprint density at radius 1 is 1.56 bits per heavy atom. The van der Waals surface area contributed by atoms with Crippen molar-refractivity contribution in [2.24, 2.45) is 0 Å². The molecule has 0 radical (unpaired) electrons. The minimum Gasteiger partial charge on any atom is -0.546 e. The Bertz CT molecular complexity index is 416. The number of carbonyl (C=O) groups is 2. The third-order valence-electron chi connectivity index (χ3n) is 1.72. The van der Waals surface area contributed by atoms with E-state index < -0.39 is 12.6 Å². The molecule has 0 fully saturated rings. The third-order valence-corrected chi connectivity index (χ3v) is 2.52. The molecule has 5 nitrogen and oxygen atoms in total. The van der Waals surface area contributed by atoms with E-state index in [1.807, 2.05) is 22.6 Å². The van der Waals surface area contributed by atoms with Crippen LogP contribution in [0.15, 0.2) is 12.1 Å². The average molecular weight is 335 g/mol. The predicted octanol–water partition coefficient (Wildman–Crippen LogP) is 0.241. The van der Waals surface area contributed by atoms with Crippen LogP contribution in [0.1, 0.15) is 10.4 Å². The van der Waals surface area contributed by atoms with Crippen molar-refractivity contribution in [1.29, 1.82) is 0 Å². The Balaban J connectivity index is 3.06. The molecule has 0 amide bonds. The summed E-state index contributed by atoms with van der Waals surface area (Å²) in [7, 11) is 1.41. The molecule has 0 spiro atoms. The summed E-state index contributed by atoms with van der Waals surface area (Å²) < 4.78 is 10.6. The van der Waals surface area contributed by atoms with Gasteiger partial charge in [0.2, 0.25) is 0 Å². The van der Waals surface area contributed by atoms with Gasteiger partial charge in [-0.05, 0) is 34.7 Å². The van der Waals surface area contributed by atoms with Crippen LogP contribution >= 0.6 is 22.6 Å². The minimum absolute atomic E-state index is 0.290. The fourth-order valence-electron chi connectivity index (χ4n) is 1.08. The van der Waals surface area contributed by atoms with Gasteiger partial charge < -0.3 is 19.4 Å². The Morgan fingerprint density at radius 2 is 2.25 bits per heavy atom. The normalized spacial score (nSPS) is 9.62. The average Bonchev–Trinajstić information content (AvgIpc) is 2.26.